The van der Waals surface area contributed by atoms with Gasteiger partial charge < -0.3 is 4.90 Å². The molecule has 1 aromatic heterocycles. The number of halogens is 4. The molecule has 1 amide bonds. The molecule has 2 aromatic rings. The molecule has 0 bridgehead atoms. The minimum atomic E-state index is -4.43. The van der Waals surface area contributed by atoms with Gasteiger partial charge in [-0.3, -0.25) is 9.69 Å². The smallest absolute Gasteiger partial charge is 0.323 e. The molecule has 2 fully saturated rings. The average Bonchev–Trinajstić information content (AvgIpc) is 3.35. The van der Waals surface area contributed by atoms with Crippen LogP contribution in [0.15, 0.2) is 30.5 Å². The van der Waals surface area contributed by atoms with Crippen LogP contribution >= 0.6 is 11.6 Å². The molecule has 4 rings (SSSR count). The van der Waals surface area contributed by atoms with E-state index >= 15 is 0 Å². The maximum Gasteiger partial charge on any atom is 0.416 e. The van der Waals surface area contributed by atoms with Crippen LogP contribution in [0.1, 0.15) is 47.8 Å². The Bertz CT molecular complexity index is 1030. The van der Waals surface area contributed by atoms with E-state index in [1.54, 1.807) is 11.0 Å². The van der Waals surface area contributed by atoms with E-state index in [2.05, 4.69) is 10.00 Å². The highest BCUT2D eigenvalue weighted by Gasteiger charge is 2.41. The Hall–Kier alpha value is -2.39. The first-order valence-corrected chi connectivity index (χ1v) is 10.9. The van der Waals surface area contributed by atoms with Crippen molar-refractivity contribution in [2.75, 3.05) is 26.2 Å². The van der Waals surface area contributed by atoms with Gasteiger partial charge in [0.2, 0.25) is 0 Å². The molecule has 1 aromatic carbocycles. The topological polar surface area (TPSA) is 58.4 Å². The summed E-state index contributed by atoms with van der Waals surface area (Å²) in [4.78, 5) is 28.0. The lowest BCUT2D eigenvalue weighted by Crippen LogP contribution is -2.45. The van der Waals surface area contributed by atoms with E-state index < -0.39 is 11.7 Å². The zero-order valence-electron chi connectivity index (χ0n) is 17.7. The van der Waals surface area contributed by atoms with Gasteiger partial charge in [0.05, 0.1) is 5.56 Å². The molecular weight excluding hydrogens is 445 g/mol. The molecule has 0 radical (unpaired) electrons. The molecule has 0 N–H and O–H groups in total. The van der Waals surface area contributed by atoms with Gasteiger partial charge in [0.1, 0.15) is 5.69 Å². The lowest BCUT2D eigenvalue weighted by Gasteiger charge is -2.39. The van der Waals surface area contributed by atoms with Crippen molar-refractivity contribution in [3.05, 3.63) is 52.3 Å². The lowest BCUT2D eigenvalue weighted by molar-refractivity contribution is -0.137. The highest BCUT2D eigenvalue weighted by Crippen LogP contribution is 2.41. The summed E-state index contributed by atoms with van der Waals surface area (Å²) >= 11 is 5.92. The highest BCUT2D eigenvalue weighted by molar-refractivity contribution is 6.30. The summed E-state index contributed by atoms with van der Waals surface area (Å²) in [5, 5.41) is 4.13. The Kier molecular flexibility index (Phi) is 6.06. The predicted octanol–water partition coefficient (Wildman–Crippen LogP) is 4.71. The molecule has 6 nitrogen and oxygen atoms in total. The largest absolute Gasteiger partial charge is 0.416 e. The van der Waals surface area contributed by atoms with Gasteiger partial charge >= 0.3 is 12.2 Å². The summed E-state index contributed by atoms with van der Waals surface area (Å²) in [6.45, 7) is 4.55. The number of ketones is 1. The molecule has 2 aliphatic heterocycles. The number of rotatable bonds is 3. The first kappa shape index (κ1) is 22.8. The van der Waals surface area contributed by atoms with Gasteiger partial charge in [-0.25, -0.2) is 4.79 Å². The normalized spacial score (nSPS) is 19.0. The second-order valence-electron chi connectivity index (χ2n) is 8.78. The van der Waals surface area contributed by atoms with Crippen molar-refractivity contribution in [3.8, 4) is 0 Å². The van der Waals surface area contributed by atoms with E-state index in [1.807, 2.05) is 0 Å². The Morgan fingerprint density at radius 1 is 1.12 bits per heavy atom. The SMILES string of the molecule is CC(=O)c1ccn(C(=O)N2CCC3(CCN(Cc4cc(Cl)cc(C(F)(F)F)c4)C3)CC2)n1. The third-order valence-electron chi connectivity index (χ3n) is 6.45. The number of carbonyl (C=O) groups is 2. The molecule has 0 aliphatic carbocycles. The fraction of sp³-hybridized carbons (Fsp3) is 0.500. The first-order valence-electron chi connectivity index (χ1n) is 10.5. The number of nitrogens with zero attached hydrogens (tertiary/aromatic N) is 4. The molecule has 172 valence electrons. The van der Waals surface area contributed by atoms with Crippen LogP contribution in [0, 0.1) is 5.41 Å². The zero-order chi connectivity index (χ0) is 23.1. The predicted molar refractivity (Wildman–Crippen MR) is 113 cm³/mol. The molecule has 3 heterocycles. The number of Topliss-reactive ketones (excluding diaryl/α,β-unsaturated/α-hetero) is 1. The van der Waals surface area contributed by atoms with Crippen molar-refractivity contribution >= 4 is 23.4 Å². The Balaban J connectivity index is 1.35. The highest BCUT2D eigenvalue weighted by atomic mass is 35.5. The Labute approximate surface area is 188 Å². The van der Waals surface area contributed by atoms with Gasteiger partial charge in [0.15, 0.2) is 5.78 Å². The molecule has 0 unspecified atom stereocenters. The van der Waals surface area contributed by atoms with E-state index in [0.717, 1.165) is 44.5 Å². The average molecular weight is 469 g/mol. The van der Waals surface area contributed by atoms with Crippen LogP contribution < -0.4 is 0 Å². The molecule has 2 aliphatic rings. The quantitative estimate of drug-likeness (QED) is 0.612. The summed E-state index contributed by atoms with van der Waals surface area (Å²) in [6.07, 6.45) is -0.344. The van der Waals surface area contributed by atoms with Gasteiger partial charge in [0.25, 0.3) is 0 Å². The number of aromatic nitrogens is 2. The summed E-state index contributed by atoms with van der Waals surface area (Å²) in [5.41, 5.74) is 0.131. The van der Waals surface area contributed by atoms with Crippen LogP contribution in [0.2, 0.25) is 5.02 Å². The van der Waals surface area contributed by atoms with Crippen LogP contribution in [-0.2, 0) is 12.7 Å². The van der Waals surface area contributed by atoms with Gasteiger partial charge in [-0.1, -0.05) is 11.6 Å². The molecule has 32 heavy (non-hydrogen) atoms. The number of carbonyl (C=O) groups excluding carboxylic acids is 2. The second-order valence-corrected chi connectivity index (χ2v) is 9.21. The minimum absolute atomic E-state index is 0.0525. The number of hydrogen-bond donors (Lipinski definition) is 0. The third-order valence-corrected chi connectivity index (χ3v) is 6.67. The maximum absolute atomic E-state index is 13.1. The lowest BCUT2D eigenvalue weighted by atomic mass is 9.78. The van der Waals surface area contributed by atoms with Crippen molar-refractivity contribution in [1.82, 2.24) is 19.6 Å². The molecule has 0 saturated carbocycles. The van der Waals surface area contributed by atoms with E-state index in [4.69, 9.17) is 11.6 Å². The van der Waals surface area contributed by atoms with Crippen LogP contribution in [0.3, 0.4) is 0 Å². The van der Waals surface area contributed by atoms with Crippen molar-refractivity contribution in [3.63, 3.8) is 0 Å². The number of hydrogen-bond acceptors (Lipinski definition) is 4. The summed E-state index contributed by atoms with van der Waals surface area (Å²) in [6, 6.07) is 4.98. The van der Waals surface area contributed by atoms with Crippen molar-refractivity contribution in [1.29, 1.82) is 0 Å². The minimum Gasteiger partial charge on any atom is -0.323 e. The Morgan fingerprint density at radius 2 is 1.81 bits per heavy atom. The summed E-state index contributed by atoms with van der Waals surface area (Å²) in [7, 11) is 0. The standard InChI is InChI=1S/C22H24ClF3N4O2/c1-15(31)19-2-6-30(27-19)20(32)29-8-4-21(5-9-29)3-7-28(14-21)13-16-10-17(22(24,25)26)12-18(23)11-16/h2,6,10-12H,3-5,7-9,13-14H2,1H3. The van der Waals surface area contributed by atoms with Gasteiger partial charge in [-0.2, -0.15) is 23.0 Å². The second kappa shape index (κ2) is 8.51. The molecule has 1 spiro atoms. The number of piperidine rings is 1. The monoisotopic (exact) mass is 468 g/mol. The van der Waals surface area contributed by atoms with E-state index in [9.17, 15) is 22.8 Å². The number of likely N-dealkylation sites (tertiary alicyclic amines) is 2. The maximum atomic E-state index is 13.1. The van der Waals surface area contributed by atoms with Crippen LogP contribution in [-0.4, -0.2) is 57.6 Å². The van der Waals surface area contributed by atoms with Crippen LogP contribution in [0.4, 0.5) is 18.0 Å². The van der Waals surface area contributed by atoms with E-state index in [0.29, 0.717) is 25.2 Å². The van der Waals surface area contributed by atoms with Gasteiger partial charge in [0, 0.05) is 44.3 Å². The van der Waals surface area contributed by atoms with Crippen LogP contribution in [0.25, 0.3) is 0 Å². The summed E-state index contributed by atoms with van der Waals surface area (Å²) < 4.78 is 40.5. The van der Waals surface area contributed by atoms with Crippen molar-refractivity contribution in [2.45, 2.75) is 38.9 Å². The van der Waals surface area contributed by atoms with Gasteiger partial charge in [-0.05, 0) is 61.1 Å². The number of benzene rings is 1. The van der Waals surface area contributed by atoms with E-state index in [1.165, 1.54) is 23.9 Å². The van der Waals surface area contributed by atoms with E-state index in [-0.39, 0.29) is 27.9 Å². The van der Waals surface area contributed by atoms with Crippen molar-refractivity contribution < 1.29 is 22.8 Å². The molecule has 10 heteroatoms. The Morgan fingerprint density at radius 3 is 2.44 bits per heavy atom. The zero-order valence-corrected chi connectivity index (χ0v) is 18.4. The van der Waals surface area contributed by atoms with Gasteiger partial charge in [-0.15, -0.1) is 0 Å². The molecular formula is C22H24ClF3N4O2. The van der Waals surface area contributed by atoms with Crippen LogP contribution in [0.5, 0.6) is 0 Å². The summed E-state index contributed by atoms with van der Waals surface area (Å²) in [5.74, 6) is -0.192. The number of amides is 1. The fourth-order valence-corrected chi connectivity index (χ4v) is 4.93. The first-order chi connectivity index (χ1) is 15.0. The molecule has 2 saturated heterocycles. The van der Waals surface area contributed by atoms with Crippen molar-refractivity contribution in [2.24, 2.45) is 5.41 Å². The fourth-order valence-electron chi connectivity index (χ4n) is 4.67. The molecule has 0 atom stereocenters. The number of alkyl halides is 3. The third kappa shape index (κ3) is 4.83.